The third kappa shape index (κ3) is 1.66. The highest BCUT2D eigenvalue weighted by atomic mass is 16.2. The molecule has 1 aromatic rings. The summed E-state index contributed by atoms with van der Waals surface area (Å²) in [6, 6.07) is 5.60. The molecule has 5 nitrogen and oxygen atoms in total. The minimum absolute atomic E-state index is 0.129. The lowest BCUT2D eigenvalue weighted by Crippen LogP contribution is -2.61. The number of carbonyl (C=O) groups is 3. The Morgan fingerprint density at radius 2 is 2.00 bits per heavy atom. The Morgan fingerprint density at radius 3 is 2.65 bits per heavy atom. The second kappa shape index (κ2) is 4.16. The van der Waals surface area contributed by atoms with Gasteiger partial charge in [-0.2, -0.15) is 0 Å². The molecule has 3 amide bonds. The van der Waals surface area contributed by atoms with Crippen LogP contribution in [-0.2, 0) is 16.1 Å². The van der Waals surface area contributed by atoms with Crippen LogP contribution < -0.4 is 5.32 Å². The third-order valence-electron chi connectivity index (χ3n) is 4.38. The number of fused-ring (bicyclic) bond motifs is 1. The van der Waals surface area contributed by atoms with E-state index in [4.69, 9.17) is 0 Å². The Kier molecular flexibility index (Phi) is 2.67. The Labute approximate surface area is 116 Å². The molecule has 1 N–H and O–H groups in total. The normalized spacial score (nSPS) is 25.7. The van der Waals surface area contributed by atoms with Crippen LogP contribution >= 0.6 is 0 Å². The van der Waals surface area contributed by atoms with Gasteiger partial charge in [-0.1, -0.05) is 12.1 Å². The van der Waals surface area contributed by atoms with Gasteiger partial charge in [0.15, 0.2) is 0 Å². The summed E-state index contributed by atoms with van der Waals surface area (Å²) in [6.07, 6.45) is 0.637. The van der Waals surface area contributed by atoms with Crippen LogP contribution in [0.3, 0.4) is 0 Å². The van der Waals surface area contributed by atoms with E-state index in [0.717, 1.165) is 11.1 Å². The lowest BCUT2D eigenvalue weighted by Gasteiger charge is -2.39. The molecule has 2 aliphatic rings. The molecular formula is C15H16N2O3. The van der Waals surface area contributed by atoms with Crippen molar-refractivity contribution in [1.82, 2.24) is 10.2 Å². The Hall–Kier alpha value is -2.17. The fourth-order valence-electron chi connectivity index (χ4n) is 2.94. The first-order chi connectivity index (χ1) is 9.43. The molecule has 1 aromatic carbocycles. The van der Waals surface area contributed by atoms with E-state index in [2.05, 4.69) is 5.32 Å². The van der Waals surface area contributed by atoms with Crippen molar-refractivity contribution < 1.29 is 14.4 Å². The van der Waals surface area contributed by atoms with E-state index in [1.165, 1.54) is 0 Å². The Bertz CT molecular complexity index is 638. The fraction of sp³-hybridized carbons (Fsp3) is 0.400. The Balaban J connectivity index is 1.98. The molecule has 20 heavy (non-hydrogen) atoms. The van der Waals surface area contributed by atoms with Crippen LogP contribution in [0.2, 0.25) is 0 Å². The molecule has 0 saturated carbocycles. The van der Waals surface area contributed by atoms with Gasteiger partial charge in [0, 0.05) is 18.5 Å². The van der Waals surface area contributed by atoms with Gasteiger partial charge in [0.05, 0.1) is 0 Å². The van der Waals surface area contributed by atoms with Crippen molar-refractivity contribution >= 4 is 17.7 Å². The van der Waals surface area contributed by atoms with Crippen LogP contribution in [-0.4, -0.2) is 28.2 Å². The van der Waals surface area contributed by atoms with Crippen LogP contribution in [0, 0.1) is 6.92 Å². The first kappa shape index (κ1) is 12.8. The van der Waals surface area contributed by atoms with E-state index in [0.29, 0.717) is 18.5 Å². The molecule has 0 radical (unpaired) electrons. The summed E-state index contributed by atoms with van der Waals surface area (Å²) in [5.41, 5.74) is 1.74. The highest BCUT2D eigenvalue weighted by Crippen LogP contribution is 2.35. The van der Waals surface area contributed by atoms with Crippen molar-refractivity contribution in [3.8, 4) is 0 Å². The molecule has 0 spiro atoms. The second-order valence-electron chi connectivity index (χ2n) is 5.64. The molecule has 0 aliphatic carbocycles. The van der Waals surface area contributed by atoms with E-state index in [1.54, 1.807) is 17.9 Å². The zero-order chi connectivity index (χ0) is 14.5. The van der Waals surface area contributed by atoms with Gasteiger partial charge in [-0.25, -0.2) is 0 Å². The minimum atomic E-state index is -0.948. The lowest BCUT2D eigenvalue weighted by atomic mass is 9.89. The molecule has 2 aliphatic heterocycles. The van der Waals surface area contributed by atoms with Gasteiger partial charge in [-0.15, -0.1) is 0 Å². The number of imide groups is 1. The molecule has 2 heterocycles. The van der Waals surface area contributed by atoms with E-state index in [-0.39, 0.29) is 24.1 Å². The van der Waals surface area contributed by atoms with Crippen molar-refractivity contribution in [2.24, 2.45) is 0 Å². The molecular weight excluding hydrogens is 256 g/mol. The molecule has 104 valence electrons. The maximum Gasteiger partial charge on any atom is 0.255 e. The number of amides is 3. The number of aryl methyl sites for hydroxylation is 1. The standard InChI is InChI=1S/C15H16N2O3/c1-9-4-3-5-10-11(9)8-17(13(10)19)15(2)7-6-12(18)16-14(15)20/h3-5H,6-8H2,1-2H3,(H,16,18,20)/t15-/m0/s1. The molecule has 3 rings (SSSR count). The van der Waals surface area contributed by atoms with E-state index in [9.17, 15) is 14.4 Å². The van der Waals surface area contributed by atoms with Crippen molar-refractivity contribution in [2.45, 2.75) is 38.8 Å². The quantitative estimate of drug-likeness (QED) is 0.780. The van der Waals surface area contributed by atoms with E-state index < -0.39 is 5.54 Å². The zero-order valence-corrected chi connectivity index (χ0v) is 11.5. The largest absolute Gasteiger partial charge is 0.320 e. The lowest BCUT2D eigenvalue weighted by molar-refractivity contribution is -0.142. The third-order valence-corrected chi connectivity index (χ3v) is 4.38. The van der Waals surface area contributed by atoms with Crippen LogP contribution in [0.5, 0.6) is 0 Å². The first-order valence-electron chi connectivity index (χ1n) is 6.68. The van der Waals surface area contributed by atoms with E-state index in [1.807, 2.05) is 19.1 Å². The van der Waals surface area contributed by atoms with Crippen LogP contribution in [0.15, 0.2) is 18.2 Å². The smallest absolute Gasteiger partial charge is 0.255 e. The molecule has 5 heteroatoms. The number of piperidine rings is 1. The summed E-state index contributed by atoms with van der Waals surface area (Å²) in [6.45, 7) is 4.12. The molecule has 0 bridgehead atoms. The molecule has 1 saturated heterocycles. The zero-order valence-electron chi connectivity index (χ0n) is 11.5. The predicted molar refractivity (Wildman–Crippen MR) is 71.8 cm³/mol. The maximum atomic E-state index is 12.5. The molecule has 0 unspecified atom stereocenters. The van der Waals surface area contributed by atoms with Gasteiger partial charge in [0.2, 0.25) is 5.91 Å². The maximum absolute atomic E-state index is 12.5. The predicted octanol–water partition coefficient (Wildman–Crippen LogP) is 1.15. The van der Waals surface area contributed by atoms with Gasteiger partial charge >= 0.3 is 0 Å². The second-order valence-corrected chi connectivity index (χ2v) is 5.64. The van der Waals surface area contributed by atoms with Crippen molar-refractivity contribution in [3.05, 3.63) is 34.9 Å². The fourth-order valence-corrected chi connectivity index (χ4v) is 2.94. The van der Waals surface area contributed by atoms with Crippen LogP contribution in [0.4, 0.5) is 0 Å². The highest BCUT2D eigenvalue weighted by Gasteiger charge is 2.48. The number of rotatable bonds is 1. The summed E-state index contributed by atoms with van der Waals surface area (Å²) < 4.78 is 0. The molecule has 1 atom stereocenters. The van der Waals surface area contributed by atoms with Gasteiger partial charge in [0.25, 0.3) is 11.8 Å². The van der Waals surface area contributed by atoms with Gasteiger partial charge in [-0.05, 0) is 37.5 Å². The van der Waals surface area contributed by atoms with Crippen molar-refractivity contribution in [1.29, 1.82) is 0 Å². The number of nitrogens with zero attached hydrogens (tertiary/aromatic N) is 1. The first-order valence-corrected chi connectivity index (χ1v) is 6.68. The number of hydrogen-bond acceptors (Lipinski definition) is 3. The van der Waals surface area contributed by atoms with Gasteiger partial charge < -0.3 is 4.90 Å². The van der Waals surface area contributed by atoms with Crippen LogP contribution in [0.25, 0.3) is 0 Å². The van der Waals surface area contributed by atoms with Gasteiger partial charge in [0.1, 0.15) is 5.54 Å². The van der Waals surface area contributed by atoms with Crippen LogP contribution in [0.1, 0.15) is 41.3 Å². The number of hydrogen-bond donors (Lipinski definition) is 1. The summed E-state index contributed by atoms with van der Waals surface area (Å²) in [4.78, 5) is 37.6. The SMILES string of the molecule is Cc1cccc2c1CN([C@@]1(C)CCC(=O)NC1=O)C2=O. The monoisotopic (exact) mass is 272 g/mol. The average molecular weight is 272 g/mol. The minimum Gasteiger partial charge on any atom is -0.320 e. The summed E-state index contributed by atoms with van der Waals surface area (Å²) in [5.74, 6) is -0.781. The number of benzene rings is 1. The number of nitrogens with one attached hydrogen (secondary N) is 1. The van der Waals surface area contributed by atoms with Crippen molar-refractivity contribution in [2.75, 3.05) is 0 Å². The highest BCUT2D eigenvalue weighted by molar-refractivity contribution is 6.07. The van der Waals surface area contributed by atoms with Gasteiger partial charge in [-0.3, -0.25) is 19.7 Å². The number of carbonyl (C=O) groups excluding carboxylic acids is 3. The molecule has 0 aromatic heterocycles. The summed E-state index contributed by atoms with van der Waals surface area (Å²) in [7, 11) is 0. The topological polar surface area (TPSA) is 66.5 Å². The average Bonchev–Trinajstić information content (AvgIpc) is 2.75. The van der Waals surface area contributed by atoms with E-state index >= 15 is 0 Å². The molecule has 1 fully saturated rings. The van der Waals surface area contributed by atoms with Crippen molar-refractivity contribution in [3.63, 3.8) is 0 Å². The summed E-state index contributed by atoms with van der Waals surface area (Å²) >= 11 is 0. The Morgan fingerprint density at radius 1 is 1.25 bits per heavy atom. The summed E-state index contributed by atoms with van der Waals surface area (Å²) in [5, 5.41) is 2.34.